The van der Waals surface area contributed by atoms with Gasteiger partial charge in [0.1, 0.15) is 29.3 Å². The van der Waals surface area contributed by atoms with Crippen LogP contribution in [0.5, 0.6) is 5.75 Å². The Balaban J connectivity index is 3.12. The molecule has 0 heterocycles. The van der Waals surface area contributed by atoms with Crippen LogP contribution in [0.2, 0.25) is 0 Å². The lowest BCUT2D eigenvalue weighted by Crippen LogP contribution is -2.02. The first-order valence-corrected chi connectivity index (χ1v) is 4.33. The topological polar surface area (TPSA) is 56.8 Å². The Morgan fingerprint density at radius 3 is 2.47 bits per heavy atom. The molecular weight excluding hydrogens is 233 g/mol. The molecular formula is C11H5F3N2O. The van der Waals surface area contributed by atoms with Gasteiger partial charge in [0.05, 0.1) is 0 Å². The molecule has 0 radical (unpaired) electrons. The normalized spacial score (nSPS) is 9.29. The summed E-state index contributed by atoms with van der Waals surface area (Å²) in [5.74, 6) is -0.988. The van der Waals surface area contributed by atoms with Gasteiger partial charge in [0, 0.05) is 5.56 Å². The van der Waals surface area contributed by atoms with Crippen molar-refractivity contribution in [3.05, 3.63) is 35.2 Å². The maximum absolute atomic E-state index is 13.2. The van der Waals surface area contributed by atoms with Gasteiger partial charge >= 0.3 is 6.61 Å². The summed E-state index contributed by atoms with van der Waals surface area (Å²) >= 11 is 0. The summed E-state index contributed by atoms with van der Waals surface area (Å²) in [4.78, 5) is 0. The van der Waals surface area contributed by atoms with E-state index in [0.29, 0.717) is 0 Å². The number of nitriles is 2. The van der Waals surface area contributed by atoms with Gasteiger partial charge < -0.3 is 4.74 Å². The van der Waals surface area contributed by atoms with E-state index in [1.807, 2.05) is 0 Å². The van der Waals surface area contributed by atoms with E-state index < -0.39 is 12.4 Å². The fraction of sp³-hybridized carbons (Fsp3) is 0.0909. The molecule has 0 bridgehead atoms. The van der Waals surface area contributed by atoms with Crippen molar-refractivity contribution in [1.29, 1.82) is 10.5 Å². The van der Waals surface area contributed by atoms with Crippen molar-refractivity contribution < 1.29 is 17.9 Å². The number of halogens is 3. The third-order valence-corrected chi connectivity index (χ3v) is 1.73. The van der Waals surface area contributed by atoms with Gasteiger partial charge in [-0.25, -0.2) is 4.39 Å². The Morgan fingerprint density at radius 2 is 1.94 bits per heavy atom. The number of hydrogen-bond donors (Lipinski definition) is 0. The van der Waals surface area contributed by atoms with E-state index in [1.54, 1.807) is 0 Å². The highest BCUT2D eigenvalue weighted by Gasteiger charge is 2.08. The fourth-order valence-corrected chi connectivity index (χ4v) is 1.05. The molecule has 0 spiro atoms. The molecule has 0 aromatic heterocycles. The second-order valence-electron chi connectivity index (χ2n) is 2.84. The van der Waals surface area contributed by atoms with Crippen LogP contribution >= 0.6 is 0 Å². The minimum absolute atomic E-state index is 0.166. The average Bonchev–Trinajstić information content (AvgIpc) is 2.29. The average molecular weight is 238 g/mol. The lowest BCUT2D eigenvalue weighted by atomic mass is 10.1. The summed E-state index contributed by atoms with van der Waals surface area (Å²) in [6.07, 6.45) is 0.952. The molecule has 1 rings (SSSR count). The van der Waals surface area contributed by atoms with Crippen LogP contribution in [-0.4, -0.2) is 6.61 Å². The SMILES string of the molecule is N#CC(C#N)=Cc1cc(OC(F)F)ccc1F. The Bertz CT molecular complexity index is 510. The molecule has 0 N–H and O–H groups in total. The van der Waals surface area contributed by atoms with Crippen LogP contribution in [0.15, 0.2) is 23.8 Å². The van der Waals surface area contributed by atoms with Crippen molar-refractivity contribution in [3.63, 3.8) is 0 Å². The Morgan fingerprint density at radius 1 is 1.29 bits per heavy atom. The second kappa shape index (κ2) is 5.57. The quantitative estimate of drug-likeness (QED) is 0.761. The molecule has 0 saturated carbocycles. The van der Waals surface area contributed by atoms with Gasteiger partial charge in [-0.05, 0) is 24.3 Å². The molecule has 6 heteroatoms. The molecule has 1 aromatic rings. The highest BCUT2D eigenvalue weighted by atomic mass is 19.3. The molecule has 17 heavy (non-hydrogen) atoms. The first kappa shape index (κ1) is 12.6. The third kappa shape index (κ3) is 3.54. The number of allylic oxidation sites excluding steroid dienone is 1. The minimum atomic E-state index is -3.02. The van der Waals surface area contributed by atoms with Gasteiger partial charge in [0.2, 0.25) is 0 Å². The number of ether oxygens (including phenoxy) is 1. The second-order valence-corrected chi connectivity index (χ2v) is 2.84. The van der Waals surface area contributed by atoms with Crippen LogP contribution in [0.1, 0.15) is 5.56 Å². The molecule has 0 unspecified atom stereocenters. The molecule has 3 nitrogen and oxygen atoms in total. The van der Waals surface area contributed by atoms with Crippen molar-refractivity contribution in [2.75, 3.05) is 0 Å². The summed E-state index contributed by atoms with van der Waals surface area (Å²) in [6, 6.07) is 5.98. The molecule has 0 atom stereocenters. The molecule has 1 aromatic carbocycles. The van der Waals surface area contributed by atoms with Crippen molar-refractivity contribution in [1.82, 2.24) is 0 Å². The summed E-state index contributed by atoms with van der Waals surface area (Å²) in [5.41, 5.74) is -0.501. The number of nitrogens with zero attached hydrogens (tertiary/aromatic N) is 2. The van der Waals surface area contributed by atoms with Crippen molar-refractivity contribution in [3.8, 4) is 17.9 Å². The van der Waals surface area contributed by atoms with Gasteiger partial charge in [-0.15, -0.1) is 0 Å². The summed E-state index contributed by atoms with van der Waals surface area (Å²) in [6.45, 7) is -3.02. The summed E-state index contributed by atoms with van der Waals surface area (Å²) < 4.78 is 41.1. The maximum Gasteiger partial charge on any atom is 0.387 e. The molecule has 0 fully saturated rings. The Kier molecular flexibility index (Phi) is 4.13. The monoisotopic (exact) mass is 238 g/mol. The maximum atomic E-state index is 13.2. The highest BCUT2D eigenvalue weighted by molar-refractivity contribution is 5.63. The number of hydrogen-bond acceptors (Lipinski definition) is 3. The van der Waals surface area contributed by atoms with E-state index in [2.05, 4.69) is 4.74 Å². The van der Waals surface area contributed by atoms with Crippen molar-refractivity contribution in [2.45, 2.75) is 6.61 Å². The molecule has 0 saturated heterocycles. The first-order chi connectivity index (χ1) is 8.06. The van der Waals surface area contributed by atoms with Gasteiger partial charge in [0.15, 0.2) is 0 Å². The predicted octanol–water partition coefficient (Wildman–Crippen LogP) is 2.86. The van der Waals surface area contributed by atoms with Gasteiger partial charge in [0.25, 0.3) is 0 Å². The van der Waals surface area contributed by atoms with E-state index in [-0.39, 0.29) is 16.9 Å². The fourth-order valence-electron chi connectivity index (χ4n) is 1.05. The van der Waals surface area contributed by atoms with Gasteiger partial charge in [-0.2, -0.15) is 19.3 Å². The lowest BCUT2D eigenvalue weighted by molar-refractivity contribution is -0.0498. The molecule has 0 aliphatic rings. The van der Waals surface area contributed by atoms with E-state index in [9.17, 15) is 13.2 Å². The zero-order chi connectivity index (χ0) is 12.8. The standard InChI is InChI=1S/C11H5F3N2O/c12-10-2-1-9(17-11(13)14)4-8(10)3-7(5-15)6-16/h1-4,11H. The van der Waals surface area contributed by atoms with Crippen LogP contribution in [0.25, 0.3) is 6.08 Å². The van der Waals surface area contributed by atoms with E-state index in [0.717, 1.165) is 24.3 Å². The zero-order valence-corrected chi connectivity index (χ0v) is 8.32. The summed E-state index contributed by atoms with van der Waals surface area (Å²) in [5, 5.41) is 17.0. The van der Waals surface area contributed by atoms with Crippen LogP contribution < -0.4 is 4.74 Å². The van der Waals surface area contributed by atoms with Crippen molar-refractivity contribution in [2.24, 2.45) is 0 Å². The third-order valence-electron chi connectivity index (χ3n) is 1.73. The largest absolute Gasteiger partial charge is 0.435 e. The van der Waals surface area contributed by atoms with E-state index in [4.69, 9.17) is 10.5 Å². The zero-order valence-electron chi connectivity index (χ0n) is 8.32. The number of rotatable bonds is 3. The minimum Gasteiger partial charge on any atom is -0.435 e. The predicted molar refractivity (Wildman–Crippen MR) is 52.2 cm³/mol. The smallest absolute Gasteiger partial charge is 0.387 e. The van der Waals surface area contributed by atoms with Crippen LogP contribution in [0.4, 0.5) is 13.2 Å². The molecule has 0 aliphatic heterocycles. The first-order valence-electron chi connectivity index (χ1n) is 4.33. The lowest BCUT2D eigenvalue weighted by Gasteiger charge is -2.05. The molecule has 0 aliphatic carbocycles. The van der Waals surface area contributed by atoms with Crippen LogP contribution in [0, 0.1) is 28.5 Å². The Hall–Kier alpha value is -2.47. The number of alkyl halides is 2. The summed E-state index contributed by atoms with van der Waals surface area (Å²) in [7, 11) is 0. The number of benzene rings is 1. The van der Waals surface area contributed by atoms with Gasteiger partial charge in [-0.1, -0.05) is 0 Å². The van der Waals surface area contributed by atoms with E-state index >= 15 is 0 Å². The molecule has 0 amide bonds. The van der Waals surface area contributed by atoms with Crippen LogP contribution in [-0.2, 0) is 0 Å². The van der Waals surface area contributed by atoms with Crippen LogP contribution in [0.3, 0.4) is 0 Å². The highest BCUT2D eigenvalue weighted by Crippen LogP contribution is 2.20. The Labute approximate surface area is 95.0 Å². The van der Waals surface area contributed by atoms with E-state index in [1.165, 1.54) is 12.1 Å². The van der Waals surface area contributed by atoms with Crippen molar-refractivity contribution >= 4 is 6.08 Å². The molecule has 86 valence electrons. The van der Waals surface area contributed by atoms with Gasteiger partial charge in [-0.3, -0.25) is 0 Å².